The third kappa shape index (κ3) is 10.8. The van der Waals surface area contributed by atoms with Crippen LogP contribution >= 0.6 is 24.0 Å². The van der Waals surface area contributed by atoms with Crippen LogP contribution in [-0.2, 0) is 11.2 Å². The molecule has 1 rings (SSSR count). The lowest BCUT2D eigenvalue weighted by atomic mass is 10.1. The molecule has 6 nitrogen and oxygen atoms in total. The Balaban J connectivity index is 0.00000625. The van der Waals surface area contributed by atoms with E-state index in [2.05, 4.69) is 35.5 Å². The summed E-state index contributed by atoms with van der Waals surface area (Å²) in [4.78, 5) is 4.42. The van der Waals surface area contributed by atoms with E-state index in [9.17, 15) is 5.11 Å². The Hall–Kier alpha value is -1.06. The van der Waals surface area contributed by atoms with Crippen molar-refractivity contribution in [2.45, 2.75) is 33.3 Å². The van der Waals surface area contributed by atoms with E-state index in [1.54, 1.807) is 7.11 Å². The third-order valence-electron chi connectivity index (χ3n) is 3.45. The van der Waals surface area contributed by atoms with Crippen LogP contribution in [0.5, 0.6) is 5.75 Å². The molecule has 0 saturated carbocycles. The fourth-order valence-corrected chi connectivity index (χ4v) is 2.26. The molecule has 0 aliphatic heterocycles. The van der Waals surface area contributed by atoms with Gasteiger partial charge in [0.05, 0.1) is 26.4 Å². The number of rotatable bonds is 11. The second-order valence-corrected chi connectivity index (χ2v) is 6.29. The Labute approximate surface area is 174 Å². The smallest absolute Gasteiger partial charge is 0.191 e. The van der Waals surface area contributed by atoms with Gasteiger partial charge in [0.25, 0.3) is 0 Å². The Morgan fingerprint density at radius 1 is 1.19 bits per heavy atom. The van der Waals surface area contributed by atoms with Gasteiger partial charge in [-0.3, -0.25) is 4.99 Å². The molecule has 150 valence electrons. The number of methoxy groups -OCH3 is 1. The second kappa shape index (κ2) is 15.0. The highest BCUT2D eigenvalue weighted by Crippen LogP contribution is 2.17. The number of halogens is 1. The summed E-state index contributed by atoms with van der Waals surface area (Å²) >= 11 is 0. The summed E-state index contributed by atoms with van der Waals surface area (Å²) in [5.74, 6) is 2.05. The van der Waals surface area contributed by atoms with Gasteiger partial charge in [0.1, 0.15) is 5.75 Å². The number of nitrogens with one attached hydrogen (secondary N) is 2. The van der Waals surface area contributed by atoms with Gasteiger partial charge in [-0.1, -0.05) is 32.0 Å². The van der Waals surface area contributed by atoms with Crippen molar-refractivity contribution < 1.29 is 14.6 Å². The van der Waals surface area contributed by atoms with Gasteiger partial charge in [-0.05, 0) is 30.9 Å². The van der Waals surface area contributed by atoms with Crippen molar-refractivity contribution in [2.75, 3.05) is 40.0 Å². The fourth-order valence-electron chi connectivity index (χ4n) is 2.26. The normalized spacial score (nSPS) is 12.5. The molecule has 1 aromatic rings. The molecule has 0 radical (unpaired) electrons. The van der Waals surface area contributed by atoms with Crippen molar-refractivity contribution >= 4 is 29.9 Å². The molecule has 0 fully saturated rings. The highest BCUT2D eigenvalue weighted by atomic mass is 127. The first-order chi connectivity index (χ1) is 12.1. The van der Waals surface area contributed by atoms with Crippen molar-refractivity contribution in [3.63, 3.8) is 0 Å². The van der Waals surface area contributed by atoms with Gasteiger partial charge < -0.3 is 25.2 Å². The van der Waals surface area contributed by atoms with Crippen LogP contribution in [0.15, 0.2) is 29.3 Å². The Morgan fingerprint density at radius 2 is 1.92 bits per heavy atom. The van der Waals surface area contributed by atoms with Gasteiger partial charge in [-0.25, -0.2) is 0 Å². The van der Waals surface area contributed by atoms with E-state index in [0.29, 0.717) is 31.6 Å². The van der Waals surface area contributed by atoms with Crippen LogP contribution in [0, 0.1) is 5.92 Å². The number of hydrogen-bond donors (Lipinski definition) is 3. The summed E-state index contributed by atoms with van der Waals surface area (Å²) in [6.07, 6.45) is 0.234. The molecule has 26 heavy (non-hydrogen) atoms. The van der Waals surface area contributed by atoms with Gasteiger partial charge in [0.15, 0.2) is 5.96 Å². The topological polar surface area (TPSA) is 75.1 Å². The molecule has 0 saturated heterocycles. The van der Waals surface area contributed by atoms with Crippen LogP contribution < -0.4 is 15.4 Å². The molecule has 0 aliphatic rings. The minimum absolute atomic E-state index is 0. The van der Waals surface area contributed by atoms with Gasteiger partial charge in [0, 0.05) is 19.7 Å². The molecule has 0 bridgehead atoms. The number of hydrogen-bond acceptors (Lipinski definition) is 4. The molecular weight excluding hydrogens is 445 g/mol. The van der Waals surface area contributed by atoms with Crippen LogP contribution in [0.4, 0.5) is 0 Å². The van der Waals surface area contributed by atoms with Gasteiger partial charge >= 0.3 is 0 Å². The molecule has 7 heteroatoms. The molecule has 1 aromatic carbocycles. The molecular formula is C19H34IN3O3. The maximum atomic E-state index is 9.95. The molecule has 0 heterocycles. The predicted molar refractivity (Wildman–Crippen MR) is 118 cm³/mol. The van der Waals surface area contributed by atoms with E-state index in [0.717, 1.165) is 30.8 Å². The highest BCUT2D eigenvalue weighted by Gasteiger charge is 2.06. The zero-order valence-electron chi connectivity index (χ0n) is 16.3. The second-order valence-electron chi connectivity index (χ2n) is 6.29. The zero-order chi connectivity index (χ0) is 18.5. The van der Waals surface area contributed by atoms with Gasteiger partial charge in [0.2, 0.25) is 0 Å². The molecule has 1 unspecified atom stereocenters. The van der Waals surface area contributed by atoms with Crippen LogP contribution in [0.3, 0.4) is 0 Å². The predicted octanol–water partition coefficient (Wildman–Crippen LogP) is 2.44. The maximum absolute atomic E-state index is 9.95. The van der Waals surface area contributed by atoms with E-state index in [1.807, 2.05) is 25.1 Å². The van der Waals surface area contributed by atoms with E-state index in [-0.39, 0.29) is 24.0 Å². The Kier molecular flexibility index (Phi) is 14.4. The van der Waals surface area contributed by atoms with Crippen LogP contribution in [-0.4, -0.2) is 57.1 Å². The lowest BCUT2D eigenvalue weighted by Gasteiger charge is -2.14. The number of para-hydroxylation sites is 1. The average Bonchev–Trinajstić information content (AvgIpc) is 2.59. The van der Waals surface area contributed by atoms with E-state index in [1.165, 1.54) is 0 Å². The SMILES string of the molecule is CCNC(=NCC(O)COCC(C)C)NCCc1ccccc1OC.I. The summed E-state index contributed by atoms with van der Waals surface area (Å²) in [5, 5.41) is 16.4. The van der Waals surface area contributed by atoms with Crippen LogP contribution in [0.25, 0.3) is 0 Å². The first-order valence-electron chi connectivity index (χ1n) is 8.96. The van der Waals surface area contributed by atoms with E-state index < -0.39 is 6.10 Å². The Bertz CT molecular complexity index is 513. The van der Waals surface area contributed by atoms with Crippen LogP contribution in [0.1, 0.15) is 26.3 Å². The highest BCUT2D eigenvalue weighted by molar-refractivity contribution is 14.0. The number of aliphatic hydroxyl groups excluding tert-OH is 1. The van der Waals surface area contributed by atoms with Crippen molar-refractivity contribution in [1.82, 2.24) is 10.6 Å². The number of aliphatic hydroxyl groups is 1. The zero-order valence-corrected chi connectivity index (χ0v) is 18.7. The summed E-state index contributed by atoms with van der Waals surface area (Å²) < 4.78 is 10.8. The maximum Gasteiger partial charge on any atom is 0.191 e. The number of ether oxygens (including phenoxy) is 2. The largest absolute Gasteiger partial charge is 0.496 e. The first kappa shape index (κ1) is 24.9. The average molecular weight is 479 g/mol. The molecule has 1 atom stereocenters. The molecule has 0 spiro atoms. The number of nitrogens with zero attached hydrogens (tertiary/aromatic N) is 1. The standard InChI is InChI=1S/C19H33N3O3.HI/c1-5-20-19(22-12-17(23)14-25-13-15(2)3)21-11-10-16-8-6-7-9-18(16)24-4;/h6-9,15,17,23H,5,10-14H2,1-4H3,(H2,20,21,22);1H. The summed E-state index contributed by atoms with van der Waals surface area (Å²) in [5.41, 5.74) is 1.15. The molecule has 0 aliphatic carbocycles. The number of aliphatic imine (C=N–C) groups is 1. The minimum atomic E-state index is -0.594. The number of benzene rings is 1. The quantitative estimate of drug-likeness (QED) is 0.258. The van der Waals surface area contributed by atoms with E-state index in [4.69, 9.17) is 9.47 Å². The first-order valence-corrected chi connectivity index (χ1v) is 8.96. The lowest BCUT2D eigenvalue weighted by Crippen LogP contribution is -2.39. The summed E-state index contributed by atoms with van der Waals surface area (Å²) in [6, 6.07) is 7.98. The lowest BCUT2D eigenvalue weighted by molar-refractivity contribution is 0.0301. The third-order valence-corrected chi connectivity index (χ3v) is 3.45. The van der Waals surface area contributed by atoms with Crippen molar-refractivity contribution in [3.8, 4) is 5.75 Å². The van der Waals surface area contributed by atoms with Crippen molar-refractivity contribution in [3.05, 3.63) is 29.8 Å². The molecule has 0 amide bonds. The summed E-state index contributed by atoms with van der Waals surface area (Å²) in [7, 11) is 1.68. The van der Waals surface area contributed by atoms with Crippen molar-refractivity contribution in [1.29, 1.82) is 0 Å². The minimum Gasteiger partial charge on any atom is -0.496 e. The van der Waals surface area contributed by atoms with Gasteiger partial charge in [-0.2, -0.15) is 0 Å². The number of guanidine groups is 1. The Morgan fingerprint density at radius 3 is 2.58 bits per heavy atom. The molecule has 3 N–H and O–H groups in total. The molecule has 0 aromatic heterocycles. The monoisotopic (exact) mass is 479 g/mol. The van der Waals surface area contributed by atoms with E-state index >= 15 is 0 Å². The summed E-state index contributed by atoms with van der Waals surface area (Å²) in [6.45, 7) is 8.94. The van der Waals surface area contributed by atoms with Gasteiger partial charge in [-0.15, -0.1) is 24.0 Å². The van der Waals surface area contributed by atoms with Crippen LogP contribution in [0.2, 0.25) is 0 Å². The van der Waals surface area contributed by atoms with Crippen molar-refractivity contribution in [2.24, 2.45) is 10.9 Å². The fraction of sp³-hybridized carbons (Fsp3) is 0.632.